The van der Waals surface area contributed by atoms with Crippen molar-refractivity contribution in [2.75, 3.05) is 24.5 Å². The predicted octanol–water partition coefficient (Wildman–Crippen LogP) is 4.02. The van der Waals surface area contributed by atoms with Crippen molar-refractivity contribution in [2.24, 2.45) is 5.92 Å². The number of piperidine rings is 1. The highest BCUT2D eigenvalue weighted by Gasteiger charge is 2.24. The Labute approximate surface area is 158 Å². The third-order valence-electron chi connectivity index (χ3n) is 4.26. The van der Waals surface area contributed by atoms with Gasteiger partial charge in [-0.15, -0.1) is 0 Å². The van der Waals surface area contributed by atoms with Gasteiger partial charge in [0.25, 0.3) is 0 Å². The van der Waals surface area contributed by atoms with E-state index in [1.807, 2.05) is 45.0 Å². The molecular weight excluding hydrogens is 352 g/mol. The van der Waals surface area contributed by atoms with Crippen LogP contribution in [-0.4, -0.2) is 41.3 Å². The Morgan fingerprint density at radius 3 is 2.69 bits per heavy atom. The van der Waals surface area contributed by atoms with Crippen molar-refractivity contribution in [2.45, 2.75) is 39.2 Å². The van der Waals surface area contributed by atoms with E-state index in [2.05, 4.69) is 15.2 Å². The highest BCUT2D eigenvalue weighted by Crippen LogP contribution is 2.28. The van der Waals surface area contributed by atoms with E-state index >= 15 is 0 Å². The van der Waals surface area contributed by atoms with Crippen LogP contribution in [0.5, 0.6) is 0 Å². The van der Waals surface area contributed by atoms with Crippen LogP contribution in [0.3, 0.4) is 0 Å². The maximum atomic E-state index is 11.9. The van der Waals surface area contributed by atoms with Gasteiger partial charge < -0.3 is 15.0 Å². The van der Waals surface area contributed by atoms with Gasteiger partial charge in [-0.2, -0.15) is 0 Å². The molecule has 1 fully saturated rings. The van der Waals surface area contributed by atoms with Gasteiger partial charge in [-0.1, -0.05) is 23.7 Å². The number of nitrogens with one attached hydrogen (secondary N) is 1. The molecule has 1 aromatic heterocycles. The smallest absolute Gasteiger partial charge is 0.407 e. The lowest BCUT2D eigenvalue weighted by molar-refractivity contribution is 0.0517. The fourth-order valence-corrected chi connectivity index (χ4v) is 3.39. The van der Waals surface area contributed by atoms with Crippen molar-refractivity contribution in [3.63, 3.8) is 0 Å². The van der Waals surface area contributed by atoms with Crippen molar-refractivity contribution >= 4 is 34.5 Å². The van der Waals surface area contributed by atoms with Crippen molar-refractivity contribution in [1.29, 1.82) is 0 Å². The molecular formula is C19H25ClN4O2. The minimum atomic E-state index is -0.489. The first-order valence-corrected chi connectivity index (χ1v) is 9.34. The number of amides is 1. The van der Waals surface area contributed by atoms with E-state index < -0.39 is 5.60 Å². The zero-order valence-electron chi connectivity index (χ0n) is 15.5. The fourth-order valence-electron chi connectivity index (χ4n) is 3.14. The summed E-state index contributed by atoms with van der Waals surface area (Å²) in [5.74, 6) is 1.04. The van der Waals surface area contributed by atoms with E-state index in [9.17, 15) is 4.79 Å². The van der Waals surface area contributed by atoms with Gasteiger partial charge in [0.1, 0.15) is 5.60 Å². The molecule has 3 rings (SSSR count). The summed E-state index contributed by atoms with van der Waals surface area (Å²) in [5.41, 5.74) is 1.14. The first-order chi connectivity index (χ1) is 12.3. The van der Waals surface area contributed by atoms with E-state index in [0.29, 0.717) is 23.4 Å². The summed E-state index contributed by atoms with van der Waals surface area (Å²) in [7, 11) is 0. The second-order valence-corrected chi connectivity index (χ2v) is 8.02. The highest BCUT2D eigenvalue weighted by molar-refractivity contribution is 6.32. The fraction of sp³-hybridized carbons (Fsp3) is 0.526. The molecule has 6 nitrogen and oxygen atoms in total. The number of alkyl carbamates (subject to hydrolysis) is 1. The van der Waals surface area contributed by atoms with Crippen molar-refractivity contribution in [3.05, 3.63) is 29.4 Å². The number of ether oxygens (including phenoxy) is 1. The van der Waals surface area contributed by atoms with E-state index in [0.717, 1.165) is 37.0 Å². The maximum Gasteiger partial charge on any atom is 0.407 e. The van der Waals surface area contributed by atoms with Crippen molar-refractivity contribution < 1.29 is 9.53 Å². The van der Waals surface area contributed by atoms with Crippen LogP contribution in [0.2, 0.25) is 5.15 Å². The molecule has 0 radical (unpaired) electrons. The minimum absolute atomic E-state index is 0.320. The molecule has 140 valence electrons. The van der Waals surface area contributed by atoms with Crippen LogP contribution in [0.4, 0.5) is 10.6 Å². The number of benzene rings is 1. The number of carbonyl (C=O) groups excluding carboxylic acids is 1. The molecule has 0 unspecified atom stereocenters. The molecule has 1 N–H and O–H groups in total. The SMILES string of the molecule is CC(C)(C)OC(=O)NC[C@H]1CCCN(c2nc3ccccc3nc2Cl)C1. The number of para-hydroxylation sites is 2. The Morgan fingerprint density at radius 2 is 2.00 bits per heavy atom. The van der Waals surface area contributed by atoms with E-state index in [-0.39, 0.29) is 6.09 Å². The summed E-state index contributed by atoms with van der Waals surface area (Å²) in [6.07, 6.45) is 1.69. The van der Waals surface area contributed by atoms with Crippen LogP contribution in [-0.2, 0) is 4.74 Å². The van der Waals surface area contributed by atoms with Crippen LogP contribution in [0.1, 0.15) is 33.6 Å². The average molecular weight is 377 g/mol. The van der Waals surface area contributed by atoms with Gasteiger partial charge in [0.15, 0.2) is 11.0 Å². The Hall–Kier alpha value is -2.08. The molecule has 0 bridgehead atoms. The van der Waals surface area contributed by atoms with Crippen LogP contribution in [0, 0.1) is 5.92 Å². The van der Waals surface area contributed by atoms with Crippen LogP contribution in [0.25, 0.3) is 11.0 Å². The number of hydrogen-bond acceptors (Lipinski definition) is 5. The monoisotopic (exact) mass is 376 g/mol. The number of nitrogens with zero attached hydrogens (tertiary/aromatic N) is 3. The zero-order valence-corrected chi connectivity index (χ0v) is 16.2. The molecule has 0 saturated carbocycles. The number of aromatic nitrogens is 2. The molecule has 1 atom stereocenters. The Balaban J connectivity index is 1.65. The summed E-state index contributed by atoms with van der Waals surface area (Å²) in [6.45, 7) is 7.81. The number of halogens is 1. The third kappa shape index (κ3) is 4.75. The molecule has 1 aliphatic rings. The lowest BCUT2D eigenvalue weighted by atomic mass is 9.98. The Bertz CT molecular complexity index is 791. The topological polar surface area (TPSA) is 67.3 Å². The lowest BCUT2D eigenvalue weighted by Gasteiger charge is -2.34. The second-order valence-electron chi connectivity index (χ2n) is 7.66. The normalized spacial score (nSPS) is 18.0. The Morgan fingerprint density at radius 1 is 1.31 bits per heavy atom. The highest BCUT2D eigenvalue weighted by atomic mass is 35.5. The summed E-state index contributed by atoms with van der Waals surface area (Å²) in [6, 6.07) is 7.71. The van der Waals surface area contributed by atoms with Gasteiger partial charge in [0.05, 0.1) is 11.0 Å². The summed E-state index contributed by atoms with van der Waals surface area (Å²) in [4.78, 5) is 23.2. The molecule has 1 aliphatic heterocycles. The molecule has 1 amide bonds. The molecule has 1 aromatic carbocycles. The van der Waals surface area contributed by atoms with Crippen LogP contribution < -0.4 is 10.2 Å². The Kier molecular flexibility index (Phi) is 5.51. The zero-order chi connectivity index (χ0) is 18.7. The van der Waals surface area contributed by atoms with Crippen LogP contribution >= 0.6 is 11.6 Å². The molecule has 2 heterocycles. The summed E-state index contributed by atoms with van der Waals surface area (Å²) >= 11 is 6.38. The number of hydrogen-bond donors (Lipinski definition) is 1. The van der Waals surface area contributed by atoms with Gasteiger partial charge in [0, 0.05) is 19.6 Å². The van der Waals surface area contributed by atoms with Gasteiger partial charge in [-0.3, -0.25) is 0 Å². The van der Waals surface area contributed by atoms with Crippen molar-refractivity contribution in [1.82, 2.24) is 15.3 Å². The number of fused-ring (bicyclic) bond motifs is 1. The van der Waals surface area contributed by atoms with Crippen molar-refractivity contribution in [3.8, 4) is 0 Å². The van der Waals surface area contributed by atoms with E-state index in [1.54, 1.807) is 0 Å². The first kappa shape index (κ1) is 18.7. The van der Waals surface area contributed by atoms with Gasteiger partial charge in [-0.25, -0.2) is 14.8 Å². The largest absolute Gasteiger partial charge is 0.444 e. The molecule has 1 saturated heterocycles. The van der Waals surface area contributed by atoms with Crippen LogP contribution in [0.15, 0.2) is 24.3 Å². The summed E-state index contributed by atoms with van der Waals surface area (Å²) in [5, 5.41) is 3.29. The molecule has 0 spiro atoms. The lowest BCUT2D eigenvalue weighted by Crippen LogP contribution is -2.42. The number of rotatable bonds is 3. The first-order valence-electron chi connectivity index (χ1n) is 8.96. The molecule has 0 aliphatic carbocycles. The average Bonchev–Trinajstić information content (AvgIpc) is 2.58. The molecule has 7 heteroatoms. The standard InChI is InChI=1S/C19H25ClN4O2/c1-19(2,3)26-18(25)21-11-13-7-6-10-24(12-13)17-16(20)22-14-8-4-5-9-15(14)23-17/h4-5,8-9,13H,6-7,10-12H2,1-3H3,(H,21,25)/t13-/m1/s1. The quantitative estimate of drug-likeness (QED) is 0.876. The second kappa shape index (κ2) is 7.66. The van der Waals surface area contributed by atoms with Gasteiger partial charge in [0.2, 0.25) is 0 Å². The number of anilines is 1. The molecule has 2 aromatic rings. The summed E-state index contributed by atoms with van der Waals surface area (Å²) < 4.78 is 5.30. The van der Waals surface area contributed by atoms with E-state index in [4.69, 9.17) is 21.3 Å². The predicted molar refractivity (Wildman–Crippen MR) is 104 cm³/mol. The third-order valence-corrected chi connectivity index (χ3v) is 4.52. The molecule has 26 heavy (non-hydrogen) atoms. The number of carbonyl (C=O) groups is 1. The maximum absolute atomic E-state index is 11.9. The minimum Gasteiger partial charge on any atom is -0.444 e. The van der Waals surface area contributed by atoms with Gasteiger partial charge >= 0.3 is 6.09 Å². The van der Waals surface area contributed by atoms with E-state index in [1.165, 1.54) is 0 Å². The van der Waals surface area contributed by atoms with Gasteiger partial charge in [-0.05, 0) is 51.7 Å².